The zero-order valence-electron chi connectivity index (χ0n) is 9.80. The molecule has 1 aromatic heterocycles. The molecule has 0 N–H and O–H groups in total. The molecule has 2 rings (SSSR count). The Morgan fingerprint density at radius 1 is 1.71 bits per heavy atom. The summed E-state index contributed by atoms with van der Waals surface area (Å²) < 4.78 is 7.89. The molecule has 1 atom stereocenters. The van der Waals surface area contributed by atoms with E-state index in [-0.39, 0.29) is 12.1 Å². The third-order valence-corrected chi connectivity index (χ3v) is 3.28. The van der Waals surface area contributed by atoms with Crippen molar-refractivity contribution in [2.75, 3.05) is 19.7 Å². The smallest absolute Gasteiger partial charge is 0.409 e. The highest BCUT2D eigenvalue weighted by Crippen LogP contribution is 2.22. The highest BCUT2D eigenvalue weighted by Gasteiger charge is 2.25. The number of nitrogens with zero attached hydrogens (tertiary/aromatic N) is 3. The largest absolute Gasteiger partial charge is 0.450 e. The lowest BCUT2D eigenvalue weighted by atomic mass is 10.1. The van der Waals surface area contributed by atoms with Gasteiger partial charge in [0.05, 0.1) is 23.3 Å². The van der Waals surface area contributed by atoms with Crippen LogP contribution in [0.1, 0.15) is 25.8 Å². The van der Waals surface area contributed by atoms with Gasteiger partial charge in [0.2, 0.25) is 0 Å². The van der Waals surface area contributed by atoms with Gasteiger partial charge in [-0.3, -0.25) is 4.68 Å². The fourth-order valence-corrected chi connectivity index (χ4v) is 2.37. The quantitative estimate of drug-likeness (QED) is 0.843. The number of hydrogen-bond donors (Lipinski definition) is 0. The summed E-state index contributed by atoms with van der Waals surface area (Å²) in [5, 5.41) is 4.27. The van der Waals surface area contributed by atoms with E-state index in [4.69, 9.17) is 4.74 Å². The Labute approximate surface area is 109 Å². The minimum atomic E-state index is -0.219. The van der Waals surface area contributed by atoms with Crippen LogP contribution in [0.3, 0.4) is 0 Å². The monoisotopic (exact) mass is 301 g/mol. The van der Waals surface area contributed by atoms with Gasteiger partial charge in [0, 0.05) is 19.3 Å². The van der Waals surface area contributed by atoms with E-state index in [0.717, 1.165) is 23.9 Å². The van der Waals surface area contributed by atoms with E-state index < -0.39 is 0 Å². The number of amides is 1. The molecule has 1 amide bonds. The molecule has 6 heteroatoms. The summed E-state index contributed by atoms with van der Waals surface area (Å²) >= 11 is 3.38. The maximum absolute atomic E-state index is 11.6. The number of hydrogen-bond acceptors (Lipinski definition) is 3. The van der Waals surface area contributed by atoms with Crippen molar-refractivity contribution in [3.05, 3.63) is 16.9 Å². The lowest BCUT2D eigenvalue weighted by molar-refractivity contribution is 0.0880. The van der Waals surface area contributed by atoms with E-state index in [0.29, 0.717) is 13.2 Å². The van der Waals surface area contributed by atoms with Gasteiger partial charge in [-0.1, -0.05) is 0 Å². The predicted octanol–water partition coefficient (Wildman–Crippen LogP) is 2.44. The van der Waals surface area contributed by atoms with Crippen LogP contribution >= 0.6 is 15.9 Å². The van der Waals surface area contributed by atoms with Crippen molar-refractivity contribution < 1.29 is 9.53 Å². The Morgan fingerprint density at radius 2 is 2.53 bits per heavy atom. The first-order valence-electron chi connectivity index (χ1n) is 5.82. The molecule has 1 fully saturated rings. The lowest BCUT2D eigenvalue weighted by Crippen LogP contribution is -2.41. The summed E-state index contributed by atoms with van der Waals surface area (Å²) in [6.45, 7) is 3.70. The van der Waals surface area contributed by atoms with Crippen LogP contribution in [0, 0.1) is 0 Å². The highest BCUT2D eigenvalue weighted by atomic mass is 79.9. The second-order valence-corrected chi connectivity index (χ2v) is 5.00. The van der Waals surface area contributed by atoms with Crippen LogP contribution in [0.5, 0.6) is 0 Å². The van der Waals surface area contributed by atoms with Gasteiger partial charge in [0.15, 0.2) is 0 Å². The van der Waals surface area contributed by atoms with Crippen molar-refractivity contribution in [3.8, 4) is 0 Å². The molecule has 1 aliphatic rings. The standard InChI is InChI=1S/C11H16BrN3O2/c1-2-17-11(16)14-5-3-4-10(8-14)15-7-9(12)6-13-15/h6-7,10H,2-5,8H2,1H3. The molecule has 1 aliphatic heterocycles. The maximum Gasteiger partial charge on any atom is 0.409 e. The molecule has 0 aliphatic carbocycles. The third-order valence-electron chi connectivity index (χ3n) is 2.87. The van der Waals surface area contributed by atoms with Gasteiger partial charge >= 0.3 is 6.09 Å². The average molecular weight is 302 g/mol. The number of rotatable bonds is 2. The Morgan fingerprint density at radius 3 is 3.18 bits per heavy atom. The van der Waals surface area contributed by atoms with Crippen molar-refractivity contribution in [1.29, 1.82) is 0 Å². The van der Waals surface area contributed by atoms with Crippen LogP contribution < -0.4 is 0 Å². The van der Waals surface area contributed by atoms with Crippen LogP contribution in [0.4, 0.5) is 4.79 Å². The van der Waals surface area contributed by atoms with Crippen molar-refractivity contribution in [2.24, 2.45) is 0 Å². The van der Waals surface area contributed by atoms with E-state index in [1.54, 1.807) is 11.1 Å². The second kappa shape index (κ2) is 5.53. The summed E-state index contributed by atoms with van der Waals surface area (Å²) in [4.78, 5) is 13.4. The normalized spacial score (nSPS) is 20.4. The molecule has 0 bridgehead atoms. The molecule has 5 nitrogen and oxygen atoms in total. The molecular weight excluding hydrogens is 286 g/mol. The molecular formula is C11H16BrN3O2. The zero-order chi connectivity index (χ0) is 12.3. The number of aromatic nitrogens is 2. The molecule has 0 radical (unpaired) electrons. The Kier molecular flexibility index (Phi) is 4.04. The zero-order valence-corrected chi connectivity index (χ0v) is 11.4. The first kappa shape index (κ1) is 12.4. The van der Waals surface area contributed by atoms with Gasteiger partial charge in [0.1, 0.15) is 0 Å². The lowest BCUT2D eigenvalue weighted by Gasteiger charge is -2.31. The number of likely N-dealkylation sites (tertiary alicyclic amines) is 1. The van der Waals surface area contributed by atoms with Crippen LogP contribution in [0.2, 0.25) is 0 Å². The van der Waals surface area contributed by atoms with Gasteiger partial charge in [-0.05, 0) is 35.7 Å². The van der Waals surface area contributed by atoms with Crippen LogP contribution in [-0.2, 0) is 4.74 Å². The van der Waals surface area contributed by atoms with Gasteiger partial charge in [0.25, 0.3) is 0 Å². The average Bonchev–Trinajstić information content (AvgIpc) is 2.76. The molecule has 2 heterocycles. The highest BCUT2D eigenvalue weighted by molar-refractivity contribution is 9.10. The SMILES string of the molecule is CCOC(=O)N1CCCC(n2cc(Br)cn2)C1. The number of carbonyl (C=O) groups is 1. The summed E-state index contributed by atoms with van der Waals surface area (Å²) in [5.74, 6) is 0. The minimum absolute atomic E-state index is 0.219. The van der Waals surface area contributed by atoms with E-state index in [1.165, 1.54) is 0 Å². The summed E-state index contributed by atoms with van der Waals surface area (Å²) in [6, 6.07) is 0.249. The maximum atomic E-state index is 11.6. The van der Waals surface area contributed by atoms with Gasteiger partial charge in [-0.15, -0.1) is 0 Å². The minimum Gasteiger partial charge on any atom is -0.450 e. The number of ether oxygens (including phenoxy) is 1. The summed E-state index contributed by atoms with van der Waals surface area (Å²) in [5.41, 5.74) is 0. The molecule has 94 valence electrons. The second-order valence-electron chi connectivity index (χ2n) is 4.08. The summed E-state index contributed by atoms with van der Waals surface area (Å²) in [7, 11) is 0. The molecule has 0 saturated carbocycles. The van der Waals surface area contributed by atoms with Crippen LogP contribution in [0.25, 0.3) is 0 Å². The Hall–Kier alpha value is -1.04. The van der Waals surface area contributed by atoms with Crippen molar-refractivity contribution >= 4 is 22.0 Å². The van der Waals surface area contributed by atoms with Crippen molar-refractivity contribution in [3.63, 3.8) is 0 Å². The van der Waals surface area contributed by atoms with Gasteiger partial charge in [-0.25, -0.2) is 4.79 Å². The van der Waals surface area contributed by atoms with E-state index in [9.17, 15) is 4.79 Å². The van der Waals surface area contributed by atoms with Crippen molar-refractivity contribution in [1.82, 2.24) is 14.7 Å². The Bertz CT molecular complexity index is 394. The van der Waals surface area contributed by atoms with Crippen LogP contribution in [0.15, 0.2) is 16.9 Å². The topological polar surface area (TPSA) is 47.4 Å². The molecule has 1 unspecified atom stereocenters. The summed E-state index contributed by atoms with van der Waals surface area (Å²) in [6.07, 6.45) is 5.52. The molecule has 0 spiro atoms. The molecule has 17 heavy (non-hydrogen) atoms. The van der Waals surface area contributed by atoms with E-state index >= 15 is 0 Å². The number of carbonyl (C=O) groups excluding carboxylic acids is 1. The Balaban J connectivity index is 1.99. The fourth-order valence-electron chi connectivity index (χ4n) is 2.07. The predicted molar refractivity (Wildman–Crippen MR) is 66.8 cm³/mol. The van der Waals surface area contributed by atoms with Gasteiger partial charge < -0.3 is 9.64 Å². The first-order valence-corrected chi connectivity index (χ1v) is 6.61. The molecule has 1 aromatic rings. The van der Waals surface area contributed by atoms with Crippen LogP contribution in [-0.4, -0.2) is 40.5 Å². The van der Waals surface area contributed by atoms with E-state index in [1.807, 2.05) is 17.8 Å². The van der Waals surface area contributed by atoms with E-state index in [2.05, 4.69) is 21.0 Å². The molecule has 1 saturated heterocycles. The third kappa shape index (κ3) is 3.00. The first-order chi connectivity index (χ1) is 8.20. The fraction of sp³-hybridized carbons (Fsp3) is 0.636. The number of piperidine rings is 1. The van der Waals surface area contributed by atoms with Crippen molar-refractivity contribution in [2.45, 2.75) is 25.8 Å². The number of halogens is 1. The van der Waals surface area contributed by atoms with Gasteiger partial charge in [-0.2, -0.15) is 5.10 Å². The molecule has 0 aromatic carbocycles.